The second-order valence-corrected chi connectivity index (χ2v) is 3.79. The summed E-state index contributed by atoms with van der Waals surface area (Å²) in [6.07, 6.45) is -0.401. The SMILES string of the molecule is COC1C(O)N(c2ncns2)C(=O)N1C. The van der Waals surface area contributed by atoms with E-state index in [1.54, 1.807) is 7.05 Å². The number of aromatic nitrogens is 2. The Kier molecular flexibility index (Phi) is 2.55. The summed E-state index contributed by atoms with van der Waals surface area (Å²) in [6, 6.07) is -0.355. The van der Waals surface area contributed by atoms with Crippen LogP contribution in [-0.2, 0) is 4.74 Å². The minimum atomic E-state index is -1.06. The summed E-state index contributed by atoms with van der Waals surface area (Å²) in [5.74, 6) is 0. The van der Waals surface area contributed by atoms with E-state index in [2.05, 4.69) is 9.36 Å². The number of hydrogen-bond donors (Lipinski definition) is 1. The highest BCUT2D eigenvalue weighted by atomic mass is 32.1. The smallest absolute Gasteiger partial charge is 0.330 e. The van der Waals surface area contributed by atoms with Gasteiger partial charge in [0.2, 0.25) is 5.13 Å². The summed E-state index contributed by atoms with van der Waals surface area (Å²) in [5, 5.41) is 10.2. The van der Waals surface area contributed by atoms with Crippen molar-refractivity contribution < 1.29 is 14.6 Å². The van der Waals surface area contributed by atoms with Gasteiger partial charge in [0, 0.05) is 25.7 Å². The van der Waals surface area contributed by atoms with Crippen LogP contribution in [-0.4, -0.2) is 52.0 Å². The lowest BCUT2D eigenvalue weighted by molar-refractivity contribution is -0.0489. The standard InChI is InChI=1S/C7H10N4O3S/c1-10-5(14-2)4(12)11(7(10)13)6-8-3-9-15-6/h3-5,12H,1-2H3. The molecule has 2 heterocycles. The van der Waals surface area contributed by atoms with Crippen molar-refractivity contribution in [3.8, 4) is 0 Å². The lowest BCUT2D eigenvalue weighted by Crippen LogP contribution is -2.37. The molecule has 1 fully saturated rings. The van der Waals surface area contributed by atoms with Crippen molar-refractivity contribution in [2.24, 2.45) is 0 Å². The first-order valence-electron chi connectivity index (χ1n) is 4.20. The van der Waals surface area contributed by atoms with E-state index in [4.69, 9.17) is 4.74 Å². The van der Waals surface area contributed by atoms with Crippen molar-refractivity contribution >= 4 is 22.7 Å². The number of amides is 2. The van der Waals surface area contributed by atoms with Gasteiger partial charge in [0.1, 0.15) is 6.33 Å². The van der Waals surface area contributed by atoms with Gasteiger partial charge in [-0.2, -0.15) is 4.37 Å². The molecule has 8 heteroatoms. The van der Waals surface area contributed by atoms with Gasteiger partial charge in [-0.15, -0.1) is 0 Å². The molecule has 1 N–H and O–H groups in total. The van der Waals surface area contributed by atoms with E-state index >= 15 is 0 Å². The second kappa shape index (κ2) is 3.72. The van der Waals surface area contributed by atoms with Crippen molar-refractivity contribution in [3.63, 3.8) is 0 Å². The number of likely N-dealkylation sites (N-methyl/N-ethyl adjacent to an activating group) is 1. The minimum absolute atomic E-state index is 0.355. The van der Waals surface area contributed by atoms with Crippen LogP contribution in [0.25, 0.3) is 0 Å². The number of methoxy groups -OCH3 is 1. The van der Waals surface area contributed by atoms with Gasteiger partial charge in [0.05, 0.1) is 0 Å². The van der Waals surface area contributed by atoms with Crippen molar-refractivity contribution in [1.29, 1.82) is 0 Å². The second-order valence-electron chi connectivity index (χ2n) is 3.03. The Morgan fingerprint density at radius 1 is 1.67 bits per heavy atom. The largest absolute Gasteiger partial charge is 0.369 e. The fraction of sp³-hybridized carbons (Fsp3) is 0.571. The van der Waals surface area contributed by atoms with Crippen molar-refractivity contribution in [2.45, 2.75) is 12.5 Å². The van der Waals surface area contributed by atoms with E-state index in [-0.39, 0.29) is 6.03 Å². The molecule has 7 nitrogen and oxygen atoms in total. The quantitative estimate of drug-likeness (QED) is 0.754. The van der Waals surface area contributed by atoms with E-state index in [1.165, 1.54) is 18.3 Å². The molecule has 1 aromatic heterocycles. The topological polar surface area (TPSA) is 78.8 Å². The van der Waals surface area contributed by atoms with Crippen LogP contribution in [0.4, 0.5) is 9.93 Å². The molecule has 15 heavy (non-hydrogen) atoms. The molecule has 0 spiro atoms. The Balaban J connectivity index is 2.31. The van der Waals surface area contributed by atoms with E-state index < -0.39 is 12.5 Å². The van der Waals surface area contributed by atoms with Crippen LogP contribution in [0.3, 0.4) is 0 Å². The van der Waals surface area contributed by atoms with Gasteiger partial charge in [-0.25, -0.2) is 14.7 Å². The summed E-state index contributed by atoms with van der Waals surface area (Å²) < 4.78 is 8.78. The molecular weight excluding hydrogens is 220 g/mol. The number of rotatable bonds is 2. The normalized spacial score (nSPS) is 26.5. The maximum atomic E-state index is 11.7. The molecule has 0 saturated carbocycles. The predicted octanol–water partition coefficient (Wildman–Crippen LogP) is -0.299. The molecule has 2 atom stereocenters. The molecule has 1 aromatic rings. The number of carbonyl (C=O) groups is 1. The van der Waals surface area contributed by atoms with Gasteiger partial charge < -0.3 is 9.84 Å². The third kappa shape index (κ3) is 1.46. The van der Waals surface area contributed by atoms with Crippen LogP contribution in [0.2, 0.25) is 0 Å². The number of urea groups is 1. The number of hydrogen-bond acceptors (Lipinski definition) is 6. The van der Waals surface area contributed by atoms with Gasteiger partial charge in [-0.3, -0.25) is 4.90 Å². The fourth-order valence-electron chi connectivity index (χ4n) is 1.47. The summed E-state index contributed by atoms with van der Waals surface area (Å²) in [6.45, 7) is 0. The molecule has 1 aliphatic heterocycles. The summed E-state index contributed by atoms with van der Waals surface area (Å²) in [7, 11) is 2.99. The van der Waals surface area contributed by atoms with Gasteiger partial charge in [0.25, 0.3) is 0 Å². The third-order valence-electron chi connectivity index (χ3n) is 2.21. The van der Waals surface area contributed by atoms with Crippen LogP contribution in [0.5, 0.6) is 0 Å². The van der Waals surface area contributed by atoms with Crippen molar-refractivity contribution in [2.75, 3.05) is 19.1 Å². The first kappa shape index (κ1) is 10.3. The average Bonchev–Trinajstić information content (AvgIpc) is 2.77. The predicted molar refractivity (Wildman–Crippen MR) is 52.4 cm³/mol. The summed E-state index contributed by atoms with van der Waals surface area (Å²) >= 11 is 1.04. The zero-order valence-electron chi connectivity index (χ0n) is 8.19. The molecule has 2 unspecified atom stereocenters. The number of anilines is 1. The van der Waals surface area contributed by atoms with Crippen LogP contribution < -0.4 is 4.90 Å². The Hall–Kier alpha value is -1.25. The van der Waals surface area contributed by atoms with Gasteiger partial charge >= 0.3 is 6.03 Å². The number of aliphatic hydroxyl groups excluding tert-OH is 1. The number of nitrogens with zero attached hydrogens (tertiary/aromatic N) is 4. The molecule has 0 aliphatic carbocycles. The highest BCUT2D eigenvalue weighted by molar-refractivity contribution is 7.09. The number of carbonyl (C=O) groups excluding carboxylic acids is 1. The maximum absolute atomic E-state index is 11.7. The molecule has 1 saturated heterocycles. The molecule has 2 amide bonds. The Bertz CT molecular complexity index is 357. The van der Waals surface area contributed by atoms with E-state index in [1.807, 2.05) is 0 Å². The van der Waals surface area contributed by atoms with Crippen LogP contribution in [0.15, 0.2) is 6.33 Å². The monoisotopic (exact) mass is 230 g/mol. The van der Waals surface area contributed by atoms with E-state index in [0.717, 1.165) is 16.4 Å². The molecule has 0 radical (unpaired) electrons. The van der Waals surface area contributed by atoms with Crippen molar-refractivity contribution in [1.82, 2.24) is 14.3 Å². The molecule has 1 aliphatic rings. The molecular formula is C7H10N4O3S. The Morgan fingerprint density at radius 3 is 2.87 bits per heavy atom. The molecule has 2 rings (SSSR count). The molecule has 0 bridgehead atoms. The van der Waals surface area contributed by atoms with Gasteiger partial charge in [-0.1, -0.05) is 0 Å². The van der Waals surface area contributed by atoms with Crippen LogP contribution in [0.1, 0.15) is 0 Å². The minimum Gasteiger partial charge on any atom is -0.369 e. The first-order chi connectivity index (χ1) is 7.16. The number of aliphatic hydroxyl groups is 1. The molecule has 82 valence electrons. The third-order valence-corrected chi connectivity index (χ3v) is 2.87. The Labute approximate surface area is 90.1 Å². The van der Waals surface area contributed by atoms with Gasteiger partial charge in [-0.05, 0) is 0 Å². The summed E-state index contributed by atoms with van der Waals surface area (Å²) in [5.41, 5.74) is 0. The average molecular weight is 230 g/mol. The fourth-order valence-corrected chi connectivity index (χ4v) is 2.02. The highest BCUT2D eigenvalue weighted by Crippen LogP contribution is 2.27. The summed E-state index contributed by atoms with van der Waals surface area (Å²) in [4.78, 5) is 18.1. The van der Waals surface area contributed by atoms with E-state index in [0.29, 0.717) is 5.13 Å². The van der Waals surface area contributed by atoms with Crippen LogP contribution >= 0.6 is 11.5 Å². The Morgan fingerprint density at radius 2 is 2.40 bits per heavy atom. The highest BCUT2D eigenvalue weighted by Gasteiger charge is 2.45. The molecule has 0 aromatic carbocycles. The van der Waals surface area contributed by atoms with Crippen LogP contribution in [0, 0.1) is 0 Å². The number of ether oxygens (including phenoxy) is 1. The zero-order valence-corrected chi connectivity index (χ0v) is 9.01. The maximum Gasteiger partial charge on any atom is 0.330 e. The zero-order chi connectivity index (χ0) is 11.0. The van der Waals surface area contributed by atoms with E-state index in [9.17, 15) is 9.90 Å². The van der Waals surface area contributed by atoms with Gasteiger partial charge in [0.15, 0.2) is 12.5 Å². The first-order valence-corrected chi connectivity index (χ1v) is 4.97. The van der Waals surface area contributed by atoms with Crippen molar-refractivity contribution in [3.05, 3.63) is 6.33 Å². The lowest BCUT2D eigenvalue weighted by Gasteiger charge is -2.18. The lowest BCUT2D eigenvalue weighted by atomic mass is 10.5.